The summed E-state index contributed by atoms with van der Waals surface area (Å²) in [5.74, 6) is 0. The summed E-state index contributed by atoms with van der Waals surface area (Å²) in [5, 5.41) is 6.07. The first-order chi connectivity index (χ1) is 7.40. The summed E-state index contributed by atoms with van der Waals surface area (Å²) in [7, 11) is 0. The third-order valence-electron chi connectivity index (χ3n) is 2.09. The lowest BCUT2D eigenvalue weighted by Gasteiger charge is -2.13. The van der Waals surface area contributed by atoms with Crippen molar-refractivity contribution in [3.05, 3.63) is 28.3 Å². The van der Waals surface area contributed by atoms with Crippen LogP contribution in [0.2, 0.25) is 5.02 Å². The number of anilines is 1. The third kappa shape index (κ3) is 3.42. The molecule has 0 saturated heterocycles. The maximum atomic E-state index is 11.5. The smallest absolute Gasteiger partial charge is 0.319 e. The Kier molecular flexibility index (Phi) is 4.19. The molecule has 0 spiro atoms. The van der Waals surface area contributed by atoms with Gasteiger partial charge in [-0.15, -0.1) is 0 Å². The van der Waals surface area contributed by atoms with Crippen LogP contribution in [0.15, 0.2) is 12.1 Å². The average Bonchev–Trinajstić information content (AvgIpc) is 2.09. The predicted octanol–water partition coefficient (Wildman–Crippen LogP) is 3.49. The van der Waals surface area contributed by atoms with Gasteiger partial charge in [0.1, 0.15) is 0 Å². The van der Waals surface area contributed by atoms with Crippen molar-refractivity contribution >= 4 is 23.3 Å². The van der Waals surface area contributed by atoms with E-state index in [0.717, 1.165) is 11.1 Å². The Balaban J connectivity index is 2.85. The Morgan fingerprint density at radius 1 is 1.31 bits per heavy atom. The summed E-state index contributed by atoms with van der Waals surface area (Å²) in [6.45, 7) is 7.70. The van der Waals surface area contributed by atoms with Crippen LogP contribution in [0.5, 0.6) is 0 Å². The minimum absolute atomic E-state index is 0.101. The maximum absolute atomic E-state index is 11.5. The van der Waals surface area contributed by atoms with Crippen LogP contribution in [-0.4, -0.2) is 12.1 Å². The van der Waals surface area contributed by atoms with E-state index in [9.17, 15) is 4.79 Å². The molecule has 0 fully saturated rings. The third-order valence-corrected chi connectivity index (χ3v) is 2.39. The standard InChI is InChI=1S/C12H17ClN2O/c1-7(2)14-12(16)15-11-9(4)5-8(3)6-10(11)13/h5-7H,1-4H3,(H2,14,15,16). The number of nitrogens with one attached hydrogen (secondary N) is 2. The van der Waals surface area contributed by atoms with Gasteiger partial charge in [0.15, 0.2) is 0 Å². The maximum Gasteiger partial charge on any atom is 0.319 e. The first-order valence-corrected chi connectivity index (χ1v) is 5.62. The monoisotopic (exact) mass is 240 g/mol. The van der Waals surface area contributed by atoms with Gasteiger partial charge < -0.3 is 10.6 Å². The number of benzene rings is 1. The molecule has 16 heavy (non-hydrogen) atoms. The van der Waals surface area contributed by atoms with Crippen LogP contribution >= 0.6 is 11.6 Å². The fourth-order valence-corrected chi connectivity index (χ4v) is 1.85. The Bertz CT molecular complexity index is 379. The lowest BCUT2D eigenvalue weighted by atomic mass is 10.1. The Labute approximate surface area is 101 Å². The predicted molar refractivity (Wildman–Crippen MR) is 68.2 cm³/mol. The lowest BCUT2D eigenvalue weighted by molar-refractivity contribution is 0.250. The highest BCUT2D eigenvalue weighted by atomic mass is 35.5. The van der Waals surface area contributed by atoms with Gasteiger partial charge in [0.25, 0.3) is 0 Å². The molecule has 1 rings (SSSR count). The van der Waals surface area contributed by atoms with Gasteiger partial charge in [0.2, 0.25) is 0 Å². The van der Waals surface area contributed by atoms with E-state index in [2.05, 4.69) is 10.6 Å². The van der Waals surface area contributed by atoms with Crippen LogP contribution in [0.25, 0.3) is 0 Å². The number of hydrogen-bond acceptors (Lipinski definition) is 1. The first-order valence-electron chi connectivity index (χ1n) is 5.24. The van der Waals surface area contributed by atoms with E-state index >= 15 is 0 Å². The van der Waals surface area contributed by atoms with Gasteiger partial charge in [-0.3, -0.25) is 0 Å². The molecule has 0 aromatic heterocycles. The molecule has 0 heterocycles. The van der Waals surface area contributed by atoms with Gasteiger partial charge in [-0.1, -0.05) is 17.7 Å². The molecule has 0 aliphatic rings. The molecular weight excluding hydrogens is 224 g/mol. The van der Waals surface area contributed by atoms with Crippen LogP contribution in [0.4, 0.5) is 10.5 Å². The molecule has 0 bridgehead atoms. The largest absolute Gasteiger partial charge is 0.336 e. The number of halogens is 1. The second kappa shape index (κ2) is 5.21. The minimum atomic E-state index is -0.233. The van der Waals surface area contributed by atoms with Crippen molar-refractivity contribution in [3.8, 4) is 0 Å². The topological polar surface area (TPSA) is 41.1 Å². The van der Waals surface area contributed by atoms with Crippen molar-refractivity contribution in [2.75, 3.05) is 5.32 Å². The van der Waals surface area contributed by atoms with E-state index in [1.165, 1.54) is 0 Å². The first kappa shape index (κ1) is 12.8. The van der Waals surface area contributed by atoms with E-state index in [1.807, 2.05) is 39.8 Å². The molecule has 0 atom stereocenters. The normalized spacial score (nSPS) is 10.4. The summed E-state index contributed by atoms with van der Waals surface area (Å²) >= 11 is 6.07. The number of hydrogen-bond donors (Lipinski definition) is 2. The molecule has 0 aliphatic carbocycles. The van der Waals surface area contributed by atoms with Gasteiger partial charge in [-0.2, -0.15) is 0 Å². The van der Waals surface area contributed by atoms with Gasteiger partial charge in [0.05, 0.1) is 10.7 Å². The second-order valence-corrected chi connectivity index (χ2v) is 4.60. The Morgan fingerprint density at radius 3 is 2.44 bits per heavy atom. The number of urea groups is 1. The number of amides is 2. The molecule has 2 amide bonds. The van der Waals surface area contributed by atoms with Crippen LogP contribution in [0.3, 0.4) is 0 Å². The summed E-state index contributed by atoms with van der Waals surface area (Å²) in [4.78, 5) is 11.5. The molecule has 1 aromatic carbocycles. The number of aryl methyl sites for hydroxylation is 2. The van der Waals surface area contributed by atoms with Crippen LogP contribution < -0.4 is 10.6 Å². The molecule has 4 heteroatoms. The van der Waals surface area contributed by atoms with E-state index in [-0.39, 0.29) is 12.1 Å². The summed E-state index contributed by atoms with van der Waals surface area (Å²) in [6.07, 6.45) is 0. The van der Waals surface area contributed by atoms with E-state index in [4.69, 9.17) is 11.6 Å². The zero-order chi connectivity index (χ0) is 12.3. The Morgan fingerprint density at radius 2 is 1.94 bits per heavy atom. The molecule has 0 unspecified atom stereocenters. The van der Waals surface area contributed by atoms with Gasteiger partial charge in [-0.05, 0) is 44.9 Å². The minimum Gasteiger partial charge on any atom is -0.336 e. The number of carbonyl (C=O) groups excluding carboxylic acids is 1. The van der Waals surface area contributed by atoms with Gasteiger partial charge >= 0.3 is 6.03 Å². The molecule has 0 saturated carbocycles. The lowest BCUT2D eigenvalue weighted by Crippen LogP contribution is -2.34. The van der Waals surface area contributed by atoms with Gasteiger partial charge in [0, 0.05) is 6.04 Å². The average molecular weight is 241 g/mol. The highest BCUT2D eigenvalue weighted by molar-refractivity contribution is 6.34. The molecule has 0 radical (unpaired) electrons. The van der Waals surface area contributed by atoms with Crippen LogP contribution in [0.1, 0.15) is 25.0 Å². The van der Waals surface area contributed by atoms with Crippen LogP contribution in [0, 0.1) is 13.8 Å². The van der Waals surface area contributed by atoms with E-state index < -0.39 is 0 Å². The van der Waals surface area contributed by atoms with Crippen molar-refractivity contribution in [3.63, 3.8) is 0 Å². The van der Waals surface area contributed by atoms with Crippen molar-refractivity contribution in [1.82, 2.24) is 5.32 Å². The highest BCUT2D eigenvalue weighted by Crippen LogP contribution is 2.27. The number of rotatable bonds is 2. The summed E-state index contributed by atoms with van der Waals surface area (Å²) in [6, 6.07) is 3.68. The fraction of sp³-hybridized carbons (Fsp3) is 0.417. The summed E-state index contributed by atoms with van der Waals surface area (Å²) in [5.41, 5.74) is 2.71. The fourth-order valence-electron chi connectivity index (χ4n) is 1.49. The molecule has 0 aliphatic heterocycles. The number of carbonyl (C=O) groups is 1. The molecule has 3 nitrogen and oxygen atoms in total. The Hall–Kier alpha value is -1.22. The summed E-state index contributed by atoms with van der Waals surface area (Å²) < 4.78 is 0. The van der Waals surface area contributed by atoms with E-state index in [1.54, 1.807) is 0 Å². The van der Waals surface area contributed by atoms with Crippen molar-refractivity contribution in [2.24, 2.45) is 0 Å². The van der Waals surface area contributed by atoms with Crippen molar-refractivity contribution in [2.45, 2.75) is 33.7 Å². The molecule has 2 N–H and O–H groups in total. The SMILES string of the molecule is Cc1cc(C)c(NC(=O)NC(C)C)c(Cl)c1. The zero-order valence-electron chi connectivity index (χ0n) is 10.0. The van der Waals surface area contributed by atoms with Crippen molar-refractivity contribution < 1.29 is 4.79 Å². The molecular formula is C12H17ClN2O. The molecule has 1 aromatic rings. The quantitative estimate of drug-likeness (QED) is 0.816. The van der Waals surface area contributed by atoms with Crippen LogP contribution in [-0.2, 0) is 0 Å². The van der Waals surface area contributed by atoms with Crippen molar-refractivity contribution in [1.29, 1.82) is 0 Å². The van der Waals surface area contributed by atoms with E-state index in [0.29, 0.717) is 10.7 Å². The van der Waals surface area contributed by atoms with Gasteiger partial charge in [-0.25, -0.2) is 4.79 Å². The molecule has 88 valence electrons. The second-order valence-electron chi connectivity index (χ2n) is 4.19. The zero-order valence-corrected chi connectivity index (χ0v) is 10.8. The highest BCUT2D eigenvalue weighted by Gasteiger charge is 2.09.